The lowest BCUT2D eigenvalue weighted by Crippen LogP contribution is -2.35. The molecule has 0 amide bonds. The molecule has 0 spiro atoms. The van der Waals surface area contributed by atoms with E-state index in [-0.39, 0.29) is 6.10 Å². The van der Waals surface area contributed by atoms with Crippen molar-refractivity contribution in [2.75, 3.05) is 23.3 Å². The Hall–Kier alpha value is -1.66. The minimum Gasteiger partial charge on any atom is -0.393 e. The van der Waals surface area contributed by atoms with Crippen molar-refractivity contribution in [3.63, 3.8) is 0 Å². The molecule has 0 atom stereocenters. The molecule has 1 fully saturated rings. The van der Waals surface area contributed by atoms with Gasteiger partial charge in [0.25, 0.3) is 0 Å². The number of nitrogens with one attached hydrogen (secondary N) is 1. The maximum atomic E-state index is 9.52. The smallest absolute Gasteiger partial charge is 0.236 e. The van der Waals surface area contributed by atoms with Crippen molar-refractivity contribution in [2.45, 2.75) is 25.5 Å². The quantitative estimate of drug-likeness (QED) is 0.903. The summed E-state index contributed by atoms with van der Waals surface area (Å²) < 4.78 is 4.34. The number of nitrogens with zero attached hydrogens (tertiary/aromatic N) is 3. The highest BCUT2D eigenvalue weighted by Gasteiger charge is 2.20. The van der Waals surface area contributed by atoms with Crippen molar-refractivity contribution in [1.82, 2.24) is 9.36 Å². The second-order valence-corrected chi connectivity index (χ2v) is 5.69. The van der Waals surface area contributed by atoms with Gasteiger partial charge in [-0.25, -0.2) is 0 Å². The van der Waals surface area contributed by atoms with Gasteiger partial charge in [-0.05, 0) is 18.4 Å². The van der Waals surface area contributed by atoms with E-state index < -0.39 is 0 Å². The van der Waals surface area contributed by atoms with Crippen LogP contribution in [0.15, 0.2) is 30.3 Å². The molecule has 2 N–H and O–H groups in total. The van der Waals surface area contributed by atoms with Crippen LogP contribution in [0.5, 0.6) is 0 Å². The number of hydrogen-bond acceptors (Lipinski definition) is 6. The van der Waals surface area contributed by atoms with Crippen molar-refractivity contribution < 1.29 is 5.11 Å². The zero-order chi connectivity index (χ0) is 13.8. The summed E-state index contributed by atoms with van der Waals surface area (Å²) in [6.07, 6.45) is 1.47. The summed E-state index contributed by atoms with van der Waals surface area (Å²) in [6, 6.07) is 10.2. The molecule has 6 heteroatoms. The third-order valence-corrected chi connectivity index (χ3v) is 4.22. The lowest BCUT2D eigenvalue weighted by atomic mass is 10.1. The van der Waals surface area contributed by atoms with E-state index in [0.717, 1.165) is 37.6 Å². The van der Waals surface area contributed by atoms with Gasteiger partial charge in [0.05, 0.1) is 6.10 Å². The predicted molar refractivity (Wildman–Crippen MR) is 81.1 cm³/mol. The summed E-state index contributed by atoms with van der Waals surface area (Å²) in [5, 5.41) is 13.7. The fourth-order valence-electron chi connectivity index (χ4n) is 2.25. The van der Waals surface area contributed by atoms with E-state index in [1.165, 1.54) is 17.1 Å². The SMILES string of the molecule is OC1CCN(c2nc(NCc3ccccc3)ns2)CC1. The Bertz CT molecular complexity index is 537. The molecule has 2 aromatic rings. The highest BCUT2D eigenvalue weighted by atomic mass is 32.1. The molecule has 0 aliphatic carbocycles. The fourth-order valence-corrected chi connectivity index (χ4v) is 2.95. The Labute approximate surface area is 122 Å². The maximum Gasteiger partial charge on any atom is 0.236 e. The lowest BCUT2D eigenvalue weighted by molar-refractivity contribution is 0.145. The van der Waals surface area contributed by atoms with Crippen LogP contribution in [-0.2, 0) is 6.54 Å². The minimum atomic E-state index is -0.158. The zero-order valence-electron chi connectivity index (χ0n) is 11.2. The van der Waals surface area contributed by atoms with Crippen molar-refractivity contribution in [1.29, 1.82) is 0 Å². The minimum absolute atomic E-state index is 0.158. The molecule has 0 radical (unpaired) electrons. The summed E-state index contributed by atoms with van der Waals surface area (Å²) in [5.74, 6) is 0.681. The first kappa shape index (κ1) is 13.3. The summed E-state index contributed by atoms with van der Waals surface area (Å²) in [5.41, 5.74) is 1.21. The van der Waals surface area contributed by atoms with Gasteiger partial charge >= 0.3 is 0 Å². The van der Waals surface area contributed by atoms with E-state index in [0.29, 0.717) is 5.95 Å². The highest BCUT2D eigenvalue weighted by Crippen LogP contribution is 2.23. The second-order valence-electron chi connectivity index (χ2n) is 4.96. The third kappa shape index (κ3) is 3.26. The van der Waals surface area contributed by atoms with Crippen LogP contribution in [0, 0.1) is 0 Å². The van der Waals surface area contributed by atoms with Gasteiger partial charge in [0.2, 0.25) is 11.1 Å². The number of rotatable bonds is 4. The van der Waals surface area contributed by atoms with Crippen LogP contribution in [0.1, 0.15) is 18.4 Å². The van der Waals surface area contributed by atoms with Crippen LogP contribution in [0.2, 0.25) is 0 Å². The van der Waals surface area contributed by atoms with Gasteiger partial charge in [-0.3, -0.25) is 0 Å². The molecule has 1 aliphatic heterocycles. The van der Waals surface area contributed by atoms with Crippen LogP contribution in [-0.4, -0.2) is 33.7 Å². The van der Waals surface area contributed by atoms with Crippen molar-refractivity contribution in [2.24, 2.45) is 0 Å². The largest absolute Gasteiger partial charge is 0.393 e. The highest BCUT2D eigenvalue weighted by molar-refractivity contribution is 7.09. The van der Waals surface area contributed by atoms with Crippen molar-refractivity contribution in [3.8, 4) is 0 Å². The van der Waals surface area contributed by atoms with Gasteiger partial charge in [0, 0.05) is 31.2 Å². The monoisotopic (exact) mass is 290 g/mol. The lowest BCUT2D eigenvalue weighted by Gasteiger charge is -2.28. The Balaban J connectivity index is 1.57. The summed E-state index contributed by atoms with van der Waals surface area (Å²) in [7, 11) is 0. The van der Waals surface area contributed by atoms with E-state index >= 15 is 0 Å². The van der Waals surface area contributed by atoms with Crippen LogP contribution >= 0.6 is 11.5 Å². The van der Waals surface area contributed by atoms with E-state index in [2.05, 4.69) is 31.7 Å². The number of benzene rings is 1. The van der Waals surface area contributed by atoms with E-state index in [4.69, 9.17) is 0 Å². The van der Waals surface area contributed by atoms with Gasteiger partial charge in [0.15, 0.2) is 0 Å². The van der Waals surface area contributed by atoms with Crippen LogP contribution in [0.25, 0.3) is 0 Å². The Morgan fingerprint density at radius 1 is 1.25 bits per heavy atom. The summed E-state index contributed by atoms with van der Waals surface area (Å²) >= 11 is 1.41. The molecule has 5 nitrogen and oxygen atoms in total. The first-order valence-corrected chi connectivity index (χ1v) is 7.63. The van der Waals surface area contributed by atoms with Crippen LogP contribution in [0.3, 0.4) is 0 Å². The van der Waals surface area contributed by atoms with Gasteiger partial charge in [-0.2, -0.15) is 9.36 Å². The molecule has 20 heavy (non-hydrogen) atoms. The average molecular weight is 290 g/mol. The van der Waals surface area contributed by atoms with Crippen molar-refractivity contribution >= 4 is 22.6 Å². The molecule has 2 heterocycles. The Morgan fingerprint density at radius 3 is 2.75 bits per heavy atom. The first-order chi connectivity index (χ1) is 9.81. The van der Waals surface area contributed by atoms with Gasteiger partial charge in [-0.1, -0.05) is 30.3 Å². The fraction of sp³-hybridized carbons (Fsp3) is 0.429. The predicted octanol–water partition coefficient (Wildman–Crippen LogP) is 2.11. The van der Waals surface area contributed by atoms with E-state index in [1.54, 1.807) is 0 Å². The molecule has 1 saturated heterocycles. The Kier molecular flexibility index (Phi) is 4.13. The molecular weight excluding hydrogens is 272 g/mol. The van der Waals surface area contributed by atoms with Gasteiger partial charge < -0.3 is 15.3 Å². The molecule has 106 valence electrons. The normalized spacial score (nSPS) is 16.4. The van der Waals surface area contributed by atoms with Crippen molar-refractivity contribution in [3.05, 3.63) is 35.9 Å². The number of aliphatic hydroxyl groups is 1. The molecule has 1 aliphatic rings. The van der Waals surface area contributed by atoms with E-state index in [1.807, 2.05) is 18.2 Å². The Morgan fingerprint density at radius 2 is 2.00 bits per heavy atom. The zero-order valence-corrected chi connectivity index (χ0v) is 12.0. The summed E-state index contributed by atoms with van der Waals surface area (Å²) in [6.45, 7) is 2.44. The maximum absolute atomic E-state index is 9.52. The van der Waals surface area contributed by atoms with Crippen LogP contribution in [0.4, 0.5) is 11.1 Å². The number of anilines is 2. The molecule has 1 aromatic heterocycles. The molecule has 0 bridgehead atoms. The molecule has 0 saturated carbocycles. The number of aliphatic hydroxyl groups excluding tert-OH is 1. The molecular formula is C14H18N4OS. The molecule has 0 unspecified atom stereocenters. The number of aromatic nitrogens is 2. The number of piperidine rings is 1. The first-order valence-electron chi connectivity index (χ1n) is 6.86. The molecule has 3 rings (SSSR count). The second kappa shape index (κ2) is 6.19. The number of hydrogen-bond donors (Lipinski definition) is 2. The third-order valence-electron chi connectivity index (χ3n) is 3.44. The van der Waals surface area contributed by atoms with Gasteiger partial charge in [0.1, 0.15) is 0 Å². The van der Waals surface area contributed by atoms with Crippen LogP contribution < -0.4 is 10.2 Å². The molecule has 1 aromatic carbocycles. The summed E-state index contributed by atoms with van der Waals surface area (Å²) in [4.78, 5) is 6.71. The van der Waals surface area contributed by atoms with Gasteiger partial charge in [-0.15, -0.1) is 0 Å². The standard InChI is InChI=1S/C14H18N4OS/c19-12-6-8-18(9-7-12)14-16-13(17-20-14)15-10-11-4-2-1-3-5-11/h1-5,12,19H,6-10H2,(H,15,17). The topological polar surface area (TPSA) is 61.3 Å². The average Bonchev–Trinajstić information content (AvgIpc) is 2.96. The van der Waals surface area contributed by atoms with E-state index in [9.17, 15) is 5.11 Å².